The van der Waals surface area contributed by atoms with Gasteiger partial charge in [-0.2, -0.15) is 0 Å². The number of methoxy groups -OCH3 is 1. The Labute approximate surface area is 332 Å². The quantitative estimate of drug-likeness (QED) is 0.129. The topological polar surface area (TPSA) is 140 Å². The van der Waals surface area contributed by atoms with Gasteiger partial charge in [-0.25, -0.2) is 14.8 Å². The Hall–Kier alpha value is -6.01. The number of likely N-dealkylation sites (N-methyl/N-ethyl adjacent to an activating group) is 1. The van der Waals surface area contributed by atoms with Gasteiger partial charge in [0.2, 0.25) is 11.8 Å². The van der Waals surface area contributed by atoms with Crippen molar-refractivity contribution in [3.63, 3.8) is 0 Å². The highest BCUT2D eigenvalue weighted by atomic mass is 16.5. The zero-order chi connectivity index (χ0) is 39.8. The molecule has 294 valence electrons. The molecule has 8 rings (SSSR count). The number of likely N-dealkylation sites (tertiary alicyclic amines) is 2. The number of imidazole rings is 2. The summed E-state index contributed by atoms with van der Waals surface area (Å²) in [5, 5.41) is 4.92. The van der Waals surface area contributed by atoms with E-state index in [0.717, 1.165) is 87.1 Å². The summed E-state index contributed by atoms with van der Waals surface area (Å²) in [5.74, 6) is 1.41. The van der Waals surface area contributed by atoms with E-state index >= 15 is 0 Å². The summed E-state index contributed by atoms with van der Waals surface area (Å²) in [7, 11) is 5.21. The van der Waals surface area contributed by atoms with Crippen molar-refractivity contribution in [2.45, 2.75) is 63.7 Å². The molecular formula is C45H50N8O4. The van der Waals surface area contributed by atoms with Crippen LogP contribution in [0.3, 0.4) is 0 Å². The molecule has 0 radical (unpaired) electrons. The van der Waals surface area contributed by atoms with Crippen LogP contribution in [0.2, 0.25) is 0 Å². The lowest BCUT2D eigenvalue weighted by Crippen LogP contribution is -2.51. The first-order valence-corrected chi connectivity index (χ1v) is 19.9. The number of nitrogens with zero attached hydrogens (tertiary/aromatic N) is 5. The van der Waals surface area contributed by atoms with Gasteiger partial charge >= 0.3 is 6.09 Å². The van der Waals surface area contributed by atoms with Crippen molar-refractivity contribution in [1.29, 1.82) is 0 Å². The number of hydrogen-bond donors (Lipinski definition) is 3. The molecule has 0 aliphatic carbocycles. The van der Waals surface area contributed by atoms with E-state index < -0.39 is 12.1 Å². The van der Waals surface area contributed by atoms with Crippen LogP contribution in [-0.2, 0) is 14.3 Å². The molecule has 6 aromatic rings. The van der Waals surface area contributed by atoms with E-state index in [1.807, 2.05) is 91.3 Å². The molecule has 12 nitrogen and oxygen atoms in total. The number of aromatic amines is 2. The van der Waals surface area contributed by atoms with Crippen LogP contribution in [0.1, 0.15) is 74.9 Å². The number of aromatic nitrogens is 4. The van der Waals surface area contributed by atoms with Gasteiger partial charge in [-0.1, -0.05) is 80.6 Å². The van der Waals surface area contributed by atoms with Gasteiger partial charge in [-0.05, 0) is 85.8 Å². The molecular weight excluding hydrogens is 717 g/mol. The molecule has 3 N–H and O–H groups in total. The third-order valence-electron chi connectivity index (χ3n) is 11.5. The minimum Gasteiger partial charge on any atom is -0.453 e. The van der Waals surface area contributed by atoms with Crippen LogP contribution in [0.5, 0.6) is 0 Å². The summed E-state index contributed by atoms with van der Waals surface area (Å²) < 4.78 is 4.80. The molecule has 2 aromatic heterocycles. The lowest BCUT2D eigenvalue weighted by atomic mass is 9.98. The van der Waals surface area contributed by atoms with Crippen LogP contribution in [0.15, 0.2) is 91.1 Å². The van der Waals surface area contributed by atoms with Gasteiger partial charge in [0.05, 0.1) is 42.1 Å². The normalized spacial score (nSPS) is 18.2. The average Bonchev–Trinajstić information content (AvgIpc) is 4.05. The SMILES string of the molecule is COC(=O)NC(C(=O)N1CCC[C@H]1c1nc2c(-c3ccc4cc(-c5cnc([C@@H]6CCCN6C(=O)[C@@H](c6ccccc6)N(C)C)[nH]5)ccc4c3)cccc2[nH]1)C(C)C. The molecule has 2 aliphatic heterocycles. The number of alkyl carbamates (subject to hydrolysis) is 1. The maximum atomic E-state index is 14.0. The summed E-state index contributed by atoms with van der Waals surface area (Å²) in [6, 6.07) is 27.6. The number of hydrogen-bond acceptors (Lipinski definition) is 7. The Kier molecular flexibility index (Phi) is 10.5. The van der Waals surface area contributed by atoms with Crippen molar-refractivity contribution >= 4 is 39.7 Å². The number of fused-ring (bicyclic) bond motifs is 2. The fourth-order valence-electron chi connectivity index (χ4n) is 8.64. The fourth-order valence-corrected chi connectivity index (χ4v) is 8.64. The van der Waals surface area contributed by atoms with E-state index in [0.29, 0.717) is 13.1 Å². The fraction of sp³-hybridized carbons (Fsp3) is 0.356. The number of para-hydroxylation sites is 1. The molecule has 2 aliphatic rings. The third-order valence-corrected chi connectivity index (χ3v) is 11.5. The van der Waals surface area contributed by atoms with Crippen LogP contribution < -0.4 is 5.32 Å². The highest BCUT2D eigenvalue weighted by molar-refractivity contribution is 5.97. The van der Waals surface area contributed by atoms with Crippen molar-refractivity contribution in [3.8, 4) is 22.4 Å². The smallest absolute Gasteiger partial charge is 0.407 e. The van der Waals surface area contributed by atoms with Crippen LogP contribution in [0, 0.1) is 5.92 Å². The van der Waals surface area contributed by atoms with Crippen LogP contribution in [0.25, 0.3) is 44.2 Å². The standard InChI is InChI=1S/C45H50N8O4/c1-27(2)38(50-45(56)57-5)43(54)52-22-11-17-37(52)42-47-34-15-9-14-33(39(34)49-42)31-20-18-30-25-32(21-19-29(30)24-31)35-26-46-41(48-35)36-16-10-23-53(36)44(55)40(51(3)4)28-12-7-6-8-13-28/h6-9,12-15,18-21,24-27,36-38,40H,10-11,16-17,22-23H2,1-5H3,(H,46,48)(H,47,49)(H,50,56)/t36-,37-,38?,40+/m0/s1. The molecule has 1 unspecified atom stereocenters. The van der Waals surface area contributed by atoms with Gasteiger partial charge in [0.1, 0.15) is 23.7 Å². The molecule has 0 saturated carbocycles. The second kappa shape index (κ2) is 15.9. The summed E-state index contributed by atoms with van der Waals surface area (Å²) in [6.07, 6.45) is 4.68. The van der Waals surface area contributed by atoms with E-state index in [2.05, 4.69) is 57.7 Å². The molecule has 4 aromatic carbocycles. The second-order valence-electron chi connectivity index (χ2n) is 15.8. The van der Waals surface area contributed by atoms with Crippen LogP contribution in [-0.4, -0.2) is 92.9 Å². The molecule has 57 heavy (non-hydrogen) atoms. The Bertz CT molecular complexity index is 2420. The first-order chi connectivity index (χ1) is 27.6. The predicted octanol–water partition coefficient (Wildman–Crippen LogP) is 7.78. The van der Waals surface area contributed by atoms with Crippen molar-refractivity contribution in [1.82, 2.24) is 40.0 Å². The van der Waals surface area contributed by atoms with Crippen molar-refractivity contribution in [2.24, 2.45) is 5.92 Å². The molecule has 0 bridgehead atoms. The molecule has 4 atom stereocenters. The monoisotopic (exact) mass is 766 g/mol. The predicted molar refractivity (Wildman–Crippen MR) is 221 cm³/mol. The average molecular weight is 767 g/mol. The first kappa shape index (κ1) is 37.9. The summed E-state index contributed by atoms with van der Waals surface area (Å²) in [4.78, 5) is 62.6. The zero-order valence-corrected chi connectivity index (χ0v) is 33.2. The minimum atomic E-state index is -0.693. The highest BCUT2D eigenvalue weighted by Crippen LogP contribution is 2.38. The molecule has 12 heteroatoms. The Balaban J connectivity index is 1.02. The lowest BCUT2D eigenvalue weighted by Gasteiger charge is -2.31. The van der Waals surface area contributed by atoms with E-state index in [1.165, 1.54) is 7.11 Å². The largest absolute Gasteiger partial charge is 0.453 e. The van der Waals surface area contributed by atoms with E-state index in [-0.39, 0.29) is 35.9 Å². The summed E-state index contributed by atoms with van der Waals surface area (Å²) >= 11 is 0. The number of nitrogens with one attached hydrogen (secondary N) is 3. The number of H-pyrrole nitrogens is 2. The summed E-state index contributed by atoms with van der Waals surface area (Å²) in [5.41, 5.74) is 6.72. The first-order valence-electron chi connectivity index (χ1n) is 19.9. The molecule has 2 saturated heterocycles. The number of benzene rings is 4. The van der Waals surface area contributed by atoms with Gasteiger partial charge in [0.25, 0.3) is 0 Å². The summed E-state index contributed by atoms with van der Waals surface area (Å²) in [6.45, 7) is 5.13. The third kappa shape index (κ3) is 7.37. The van der Waals surface area contributed by atoms with Crippen molar-refractivity contribution in [3.05, 3.63) is 108 Å². The Morgan fingerprint density at radius 1 is 0.807 bits per heavy atom. The highest BCUT2D eigenvalue weighted by Gasteiger charge is 2.39. The molecule has 3 amide bonds. The minimum absolute atomic E-state index is 0.0929. The second-order valence-corrected chi connectivity index (χ2v) is 15.8. The maximum absolute atomic E-state index is 14.0. The number of carbonyl (C=O) groups is 3. The van der Waals surface area contributed by atoms with E-state index in [4.69, 9.17) is 14.7 Å². The van der Waals surface area contributed by atoms with Gasteiger partial charge in [-0.15, -0.1) is 0 Å². The number of ether oxygens (including phenoxy) is 1. The maximum Gasteiger partial charge on any atom is 0.407 e. The molecule has 4 heterocycles. The number of amides is 3. The van der Waals surface area contributed by atoms with Gasteiger partial charge < -0.3 is 29.8 Å². The van der Waals surface area contributed by atoms with Crippen LogP contribution in [0.4, 0.5) is 4.79 Å². The van der Waals surface area contributed by atoms with Gasteiger partial charge in [0.15, 0.2) is 0 Å². The van der Waals surface area contributed by atoms with Gasteiger partial charge in [0, 0.05) is 24.2 Å². The lowest BCUT2D eigenvalue weighted by molar-refractivity contribution is -0.137. The van der Waals surface area contributed by atoms with E-state index in [1.54, 1.807) is 0 Å². The van der Waals surface area contributed by atoms with Crippen LogP contribution >= 0.6 is 0 Å². The van der Waals surface area contributed by atoms with Gasteiger partial charge in [-0.3, -0.25) is 14.5 Å². The molecule has 0 spiro atoms. The molecule has 2 fully saturated rings. The van der Waals surface area contributed by atoms with E-state index in [9.17, 15) is 14.4 Å². The van der Waals surface area contributed by atoms with Crippen molar-refractivity contribution in [2.75, 3.05) is 34.3 Å². The zero-order valence-electron chi connectivity index (χ0n) is 33.2. The number of carbonyl (C=O) groups excluding carboxylic acids is 3. The van der Waals surface area contributed by atoms with Crippen molar-refractivity contribution < 1.29 is 19.1 Å². The number of rotatable bonds is 10. The Morgan fingerprint density at radius 2 is 1.47 bits per heavy atom. The Morgan fingerprint density at radius 3 is 2.16 bits per heavy atom.